The van der Waals surface area contributed by atoms with Crippen molar-refractivity contribution < 1.29 is 6.22 Å². The molecule has 5 nitrogen and oxygen atoms in total. The lowest BCUT2D eigenvalue weighted by atomic mass is 10.2. The van der Waals surface area contributed by atoms with Crippen LogP contribution in [0.25, 0.3) is 0 Å². The summed E-state index contributed by atoms with van der Waals surface area (Å²) in [6, 6.07) is 15.5. The van der Waals surface area contributed by atoms with Crippen molar-refractivity contribution in [2.75, 3.05) is 35.3 Å². The van der Waals surface area contributed by atoms with E-state index >= 15 is 0 Å². The summed E-state index contributed by atoms with van der Waals surface area (Å²) in [6.45, 7) is 4.95. The molecular weight excluding hydrogens is 344 g/mol. The molecule has 136 valence electrons. The zero-order valence-electron chi connectivity index (χ0n) is 14.7. The van der Waals surface area contributed by atoms with Crippen molar-refractivity contribution >= 4 is 34.1 Å². The van der Waals surface area contributed by atoms with Gasteiger partial charge in [-0.25, -0.2) is 4.98 Å². The van der Waals surface area contributed by atoms with Crippen LogP contribution in [-0.2, 0) is 0 Å². The Morgan fingerprint density at radius 1 is 1.08 bits per heavy atom. The van der Waals surface area contributed by atoms with Crippen molar-refractivity contribution in [3.63, 3.8) is 0 Å². The van der Waals surface area contributed by atoms with Crippen molar-refractivity contribution in [2.24, 2.45) is 0 Å². The number of thiazole rings is 1. The highest BCUT2D eigenvalue weighted by molar-refractivity contribution is 7.13. The second kappa shape index (κ2) is 8.49. The number of carbonyl (C=O) groups excluding carboxylic acids is 1. The Bertz CT molecular complexity index is 822. The molecule has 0 radical (unpaired) electrons. The van der Waals surface area contributed by atoms with Gasteiger partial charge < -0.3 is 15.5 Å². The van der Waals surface area contributed by atoms with Gasteiger partial charge in [-0.05, 0) is 31.2 Å². The number of nitrogen functional groups attached to an aromatic ring is 1. The number of aromatic nitrogens is 1. The average molecular weight is 369 g/mol. The molecule has 1 aliphatic heterocycles. The van der Waals surface area contributed by atoms with Crippen LogP contribution in [0.1, 0.15) is 17.3 Å². The maximum Gasteiger partial charge on any atom is 0.186 e. The van der Waals surface area contributed by atoms with Gasteiger partial charge in [0.2, 0.25) is 0 Å². The van der Waals surface area contributed by atoms with Gasteiger partial charge in [-0.1, -0.05) is 29.8 Å². The van der Waals surface area contributed by atoms with E-state index in [9.17, 15) is 4.79 Å². The largest absolute Gasteiger partial charge is 0.399 e. The molecule has 1 fully saturated rings. The standard InChI is InChI=1S/C12H14N4S.C8H8O.H2/c13-10-1-3-11(4-2-10)15-6-7-16(9-15)12-14-5-8-17-12;1-7-2-4-8(6-9)5-3-7;/h1-5,8H,6-7,9,13H2;2-6H,1H3;1H. The van der Waals surface area contributed by atoms with Crippen molar-refractivity contribution in [1.82, 2.24) is 4.98 Å². The molecule has 0 amide bonds. The van der Waals surface area contributed by atoms with Gasteiger partial charge in [-0.3, -0.25) is 4.79 Å². The molecule has 0 spiro atoms. The molecule has 0 bridgehead atoms. The molecule has 6 heteroatoms. The summed E-state index contributed by atoms with van der Waals surface area (Å²) in [5.74, 6) is 0. The summed E-state index contributed by atoms with van der Waals surface area (Å²) < 4.78 is 0. The number of hydrogen-bond acceptors (Lipinski definition) is 6. The molecule has 2 aromatic carbocycles. The second-order valence-corrected chi connectivity index (χ2v) is 6.98. The van der Waals surface area contributed by atoms with Gasteiger partial charge in [-0.15, -0.1) is 11.3 Å². The van der Waals surface area contributed by atoms with Gasteiger partial charge in [0, 0.05) is 43.0 Å². The normalized spacial score (nSPS) is 13.3. The number of benzene rings is 2. The Balaban J connectivity index is 0.000000224. The summed E-state index contributed by atoms with van der Waals surface area (Å²) in [7, 11) is 0. The molecular formula is C20H24N4OS. The van der Waals surface area contributed by atoms with E-state index in [1.807, 2.05) is 54.9 Å². The molecule has 4 rings (SSSR count). The van der Waals surface area contributed by atoms with Crippen LogP contribution in [0.2, 0.25) is 0 Å². The summed E-state index contributed by atoms with van der Waals surface area (Å²) in [5, 5.41) is 3.12. The fraction of sp³-hybridized carbons (Fsp3) is 0.200. The van der Waals surface area contributed by atoms with E-state index in [-0.39, 0.29) is 1.43 Å². The third-order valence-corrected chi connectivity index (χ3v) is 4.97. The van der Waals surface area contributed by atoms with Gasteiger partial charge in [-0.2, -0.15) is 0 Å². The van der Waals surface area contributed by atoms with E-state index in [0.717, 1.165) is 42.4 Å². The lowest BCUT2D eigenvalue weighted by Crippen LogP contribution is -2.24. The summed E-state index contributed by atoms with van der Waals surface area (Å²) >= 11 is 1.69. The zero-order valence-corrected chi connectivity index (χ0v) is 15.5. The Morgan fingerprint density at radius 2 is 1.77 bits per heavy atom. The quantitative estimate of drug-likeness (QED) is 0.558. The van der Waals surface area contributed by atoms with E-state index in [0.29, 0.717) is 0 Å². The first-order valence-electron chi connectivity index (χ1n) is 8.42. The highest BCUT2D eigenvalue weighted by atomic mass is 32.1. The molecule has 0 saturated carbocycles. The molecule has 0 aliphatic carbocycles. The van der Waals surface area contributed by atoms with Gasteiger partial charge in [0.1, 0.15) is 6.29 Å². The maximum atomic E-state index is 10.1. The highest BCUT2D eigenvalue weighted by Crippen LogP contribution is 2.24. The van der Waals surface area contributed by atoms with Gasteiger partial charge in [0.15, 0.2) is 5.13 Å². The van der Waals surface area contributed by atoms with Crippen LogP contribution in [0.4, 0.5) is 16.5 Å². The third kappa shape index (κ3) is 4.61. The van der Waals surface area contributed by atoms with Crippen LogP contribution in [0.5, 0.6) is 0 Å². The number of aryl methyl sites for hydroxylation is 1. The van der Waals surface area contributed by atoms with E-state index in [1.165, 1.54) is 11.3 Å². The number of hydrogen-bond donors (Lipinski definition) is 1. The number of rotatable bonds is 3. The van der Waals surface area contributed by atoms with Crippen LogP contribution in [-0.4, -0.2) is 31.0 Å². The number of aldehydes is 1. The second-order valence-electron chi connectivity index (χ2n) is 6.10. The maximum absolute atomic E-state index is 10.1. The number of carbonyl (C=O) groups is 1. The van der Waals surface area contributed by atoms with Gasteiger partial charge >= 0.3 is 0 Å². The van der Waals surface area contributed by atoms with Crippen molar-refractivity contribution in [3.05, 3.63) is 71.2 Å². The summed E-state index contributed by atoms with van der Waals surface area (Å²) in [6.07, 6.45) is 2.70. The van der Waals surface area contributed by atoms with Crippen LogP contribution < -0.4 is 15.5 Å². The fourth-order valence-corrected chi connectivity index (χ4v) is 3.32. The van der Waals surface area contributed by atoms with E-state index < -0.39 is 0 Å². The molecule has 0 unspecified atom stereocenters. The van der Waals surface area contributed by atoms with Crippen LogP contribution >= 0.6 is 11.3 Å². The summed E-state index contributed by atoms with van der Waals surface area (Å²) in [5.41, 5.74) is 9.64. The first-order chi connectivity index (χ1) is 12.7. The Labute approximate surface area is 159 Å². The summed E-state index contributed by atoms with van der Waals surface area (Å²) in [4.78, 5) is 19.1. The van der Waals surface area contributed by atoms with Gasteiger partial charge in [0.05, 0.1) is 6.67 Å². The zero-order chi connectivity index (χ0) is 18.4. The van der Waals surface area contributed by atoms with E-state index in [2.05, 4.69) is 26.9 Å². The van der Waals surface area contributed by atoms with Crippen LogP contribution in [0, 0.1) is 6.92 Å². The SMILES string of the molecule is Cc1ccc(C=O)cc1.Nc1ccc(N2CCN(c3nccs3)C2)cc1.[HH]. The minimum atomic E-state index is 0. The predicted octanol–water partition coefficient (Wildman–Crippen LogP) is 4.06. The minimum Gasteiger partial charge on any atom is -0.399 e. The Kier molecular flexibility index (Phi) is 5.86. The number of nitrogens with zero attached hydrogens (tertiary/aromatic N) is 3. The average Bonchev–Trinajstić information content (AvgIpc) is 3.35. The molecule has 26 heavy (non-hydrogen) atoms. The molecule has 3 aromatic rings. The molecule has 0 atom stereocenters. The Hall–Kier alpha value is -2.86. The molecule has 1 saturated heterocycles. The first kappa shape index (κ1) is 17.9. The van der Waals surface area contributed by atoms with Crippen LogP contribution in [0.15, 0.2) is 60.1 Å². The third-order valence-electron chi connectivity index (χ3n) is 4.14. The van der Waals surface area contributed by atoms with Crippen molar-refractivity contribution in [3.8, 4) is 0 Å². The number of anilines is 3. The van der Waals surface area contributed by atoms with Crippen molar-refractivity contribution in [2.45, 2.75) is 6.92 Å². The molecule has 2 N–H and O–H groups in total. The van der Waals surface area contributed by atoms with Crippen LogP contribution in [0.3, 0.4) is 0 Å². The van der Waals surface area contributed by atoms with Gasteiger partial charge in [0.25, 0.3) is 0 Å². The molecule has 1 aromatic heterocycles. The molecule has 1 aliphatic rings. The Morgan fingerprint density at radius 3 is 2.38 bits per heavy atom. The van der Waals surface area contributed by atoms with Crippen molar-refractivity contribution in [1.29, 1.82) is 0 Å². The number of nitrogens with two attached hydrogens (primary N) is 1. The topological polar surface area (TPSA) is 62.5 Å². The monoisotopic (exact) mass is 368 g/mol. The highest BCUT2D eigenvalue weighted by Gasteiger charge is 2.21. The van der Waals surface area contributed by atoms with E-state index in [1.54, 1.807) is 11.3 Å². The fourth-order valence-electron chi connectivity index (χ4n) is 2.66. The minimum absolute atomic E-state index is 0. The predicted molar refractivity (Wildman–Crippen MR) is 111 cm³/mol. The lowest BCUT2D eigenvalue weighted by molar-refractivity contribution is 0.112. The first-order valence-corrected chi connectivity index (χ1v) is 9.30. The lowest BCUT2D eigenvalue weighted by Gasteiger charge is -2.19. The van der Waals surface area contributed by atoms with E-state index in [4.69, 9.17) is 5.73 Å². The molecule has 2 heterocycles. The smallest absolute Gasteiger partial charge is 0.186 e.